The number of amides is 1. The maximum Gasteiger partial charge on any atom is 0.248 e. The molecule has 3 aromatic carbocycles. The highest BCUT2D eigenvalue weighted by Crippen LogP contribution is 2.31. The highest BCUT2D eigenvalue weighted by Gasteiger charge is 2.10. The summed E-state index contributed by atoms with van der Waals surface area (Å²) in [6.45, 7) is 1.66. The van der Waals surface area contributed by atoms with E-state index in [0.717, 1.165) is 5.56 Å². The molecule has 7 heteroatoms. The van der Waals surface area contributed by atoms with Gasteiger partial charge >= 0.3 is 0 Å². The number of rotatable bonds is 8. The van der Waals surface area contributed by atoms with Crippen LogP contribution in [-0.4, -0.2) is 18.8 Å². The zero-order chi connectivity index (χ0) is 23.1. The Morgan fingerprint density at radius 3 is 2.38 bits per heavy atom. The molecule has 5 nitrogen and oxygen atoms in total. The van der Waals surface area contributed by atoms with Gasteiger partial charge in [0, 0.05) is 32.9 Å². The molecular weight excluding hydrogens is 449 g/mol. The maximum absolute atomic E-state index is 12.2. The van der Waals surface area contributed by atoms with Gasteiger partial charge in [0.15, 0.2) is 17.3 Å². The van der Waals surface area contributed by atoms with Gasteiger partial charge < -0.3 is 14.8 Å². The smallest absolute Gasteiger partial charge is 0.248 e. The molecule has 0 aliphatic rings. The van der Waals surface area contributed by atoms with Crippen molar-refractivity contribution in [2.45, 2.75) is 13.5 Å². The van der Waals surface area contributed by atoms with Gasteiger partial charge in [-0.05, 0) is 55.0 Å². The second kappa shape index (κ2) is 10.8. The minimum atomic E-state index is -0.321. The van der Waals surface area contributed by atoms with Gasteiger partial charge in [-0.2, -0.15) is 0 Å². The molecule has 164 valence electrons. The second-order valence-electron chi connectivity index (χ2n) is 6.86. The number of anilines is 1. The zero-order valence-corrected chi connectivity index (χ0v) is 19.0. The molecule has 1 amide bonds. The van der Waals surface area contributed by atoms with Gasteiger partial charge in [0.2, 0.25) is 5.91 Å². The van der Waals surface area contributed by atoms with Crippen LogP contribution < -0.4 is 14.8 Å². The number of halogens is 2. The van der Waals surface area contributed by atoms with Gasteiger partial charge in [0.05, 0.1) is 7.11 Å². The Labute approximate surface area is 196 Å². The highest BCUT2D eigenvalue weighted by molar-refractivity contribution is 6.35. The summed E-state index contributed by atoms with van der Waals surface area (Å²) in [4.78, 5) is 23.7. The summed E-state index contributed by atoms with van der Waals surface area (Å²) in [5.41, 5.74) is 2.52. The Morgan fingerprint density at radius 2 is 1.69 bits per heavy atom. The average molecular weight is 470 g/mol. The van der Waals surface area contributed by atoms with E-state index in [1.54, 1.807) is 66.7 Å². The van der Waals surface area contributed by atoms with Crippen LogP contribution in [0, 0.1) is 0 Å². The molecule has 0 spiro atoms. The van der Waals surface area contributed by atoms with E-state index in [4.69, 9.17) is 32.7 Å². The topological polar surface area (TPSA) is 64.6 Å². The lowest BCUT2D eigenvalue weighted by Crippen LogP contribution is -2.08. The van der Waals surface area contributed by atoms with E-state index in [9.17, 15) is 9.59 Å². The molecule has 3 rings (SSSR count). The third-order valence-corrected chi connectivity index (χ3v) is 5.29. The van der Waals surface area contributed by atoms with Crippen molar-refractivity contribution in [3.8, 4) is 11.5 Å². The molecule has 0 atom stereocenters. The number of Topliss-reactive ketones (excluding diaryl/α,β-unsaturated/α-hetero) is 1. The van der Waals surface area contributed by atoms with Crippen molar-refractivity contribution in [3.63, 3.8) is 0 Å². The fourth-order valence-corrected chi connectivity index (χ4v) is 3.41. The molecule has 0 aliphatic carbocycles. The summed E-state index contributed by atoms with van der Waals surface area (Å²) in [5, 5.41) is 3.79. The lowest BCUT2D eigenvalue weighted by Gasteiger charge is -2.13. The molecule has 0 radical (unpaired) electrons. The fraction of sp³-hybridized carbons (Fsp3) is 0.120. The molecule has 0 fully saturated rings. The van der Waals surface area contributed by atoms with E-state index >= 15 is 0 Å². The van der Waals surface area contributed by atoms with Crippen molar-refractivity contribution >= 4 is 46.7 Å². The van der Waals surface area contributed by atoms with Crippen LogP contribution in [0.25, 0.3) is 6.08 Å². The van der Waals surface area contributed by atoms with Crippen LogP contribution in [-0.2, 0) is 11.4 Å². The number of benzene rings is 3. The van der Waals surface area contributed by atoms with Crippen LogP contribution in [0.1, 0.15) is 28.4 Å². The van der Waals surface area contributed by atoms with Crippen molar-refractivity contribution < 1.29 is 19.1 Å². The predicted octanol–water partition coefficient (Wildman–Crippen LogP) is 6.44. The van der Waals surface area contributed by atoms with E-state index in [1.807, 2.05) is 0 Å². The Bertz CT molecular complexity index is 1150. The van der Waals surface area contributed by atoms with Crippen molar-refractivity contribution in [2.75, 3.05) is 12.4 Å². The number of hydrogen-bond acceptors (Lipinski definition) is 4. The highest BCUT2D eigenvalue weighted by atomic mass is 35.5. The van der Waals surface area contributed by atoms with Crippen molar-refractivity contribution in [2.24, 2.45) is 0 Å². The van der Waals surface area contributed by atoms with E-state index in [-0.39, 0.29) is 18.3 Å². The third-order valence-electron chi connectivity index (χ3n) is 4.59. The monoisotopic (exact) mass is 469 g/mol. The van der Waals surface area contributed by atoms with Crippen LogP contribution in [0.4, 0.5) is 5.69 Å². The lowest BCUT2D eigenvalue weighted by molar-refractivity contribution is -0.111. The summed E-state index contributed by atoms with van der Waals surface area (Å²) < 4.78 is 11.3. The number of ketones is 1. The van der Waals surface area contributed by atoms with Gasteiger partial charge in [0.1, 0.15) is 6.61 Å². The molecule has 32 heavy (non-hydrogen) atoms. The molecule has 0 saturated carbocycles. The van der Waals surface area contributed by atoms with E-state index < -0.39 is 0 Å². The molecule has 0 aromatic heterocycles. The summed E-state index contributed by atoms with van der Waals surface area (Å²) in [6.07, 6.45) is 3.06. The van der Waals surface area contributed by atoms with Crippen LogP contribution in [0.2, 0.25) is 10.0 Å². The summed E-state index contributed by atoms with van der Waals surface area (Å²) in [6, 6.07) is 17.3. The van der Waals surface area contributed by atoms with Crippen LogP contribution in [0.3, 0.4) is 0 Å². The number of carbonyl (C=O) groups is 2. The quantitative estimate of drug-likeness (QED) is 0.304. The van der Waals surface area contributed by atoms with Gasteiger partial charge in [-0.15, -0.1) is 0 Å². The van der Waals surface area contributed by atoms with Crippen molar-refractivity contribution in [1.82, 2.24) is 0 Å². The van der Waals surface area contributed by atoms with Crippen LogP contribution in [0.15, 0.2) is 66.7 Å². The van der Waals surface area contributed by atoms with Gasteiger partial charge in [-0.1, -0.05) is 47.5 Å². The van der Waals surface area contributed by atoms with Crippen LogP contribution in [0.5, 0.6) is 11.5 Å². The van der Waals surface area contributed by atoms with Crippen molar-refractivity contribution in [3.05, 3.63) is 93.5 Å². The summed E-state index contributed by atoms with van der Waals surface area (Å²) in [7, 11) is 1.53. The first-order valence-corrected chi connectivity index (χ1v) is 10.5. The Morgan fingerprint density at radius 1 is 0.969 bits per heavy atom. The van der Waals surface area contributed by atoms with E-state index in [0.29, 0.717) is 38.4 Å². The molecule has 0 aliphatic heterocycles. The Hall–Kier alpha value is -3.28. The van der Waals surface area contributed by atoms with Crippen LogP contribution >= 0.6 is 23.2 Å². The Kier molecular flexibility index (Phi) is 7.92. The van der Waals surface area contributed by atoms with E-state index in [2.05, 4.69) is 5.32 Å². The molecule has 0 unspecified atom stereocenters. The second-order valence-corrected chi connectivity index (χ2v) is 7.67. The first kappa shape index (κ1) is 23.4. The number of nitrogens with one attached hydrogen (secondary N) is 1. The molecule has 3 aromatic rings. The van der Waals surface area contributed by atoms with Gasteiger partial charge in [-0.3, -0.25) is 9.59 Å². The van der Waals surface area contributed by atoms with Crippen molar-refractivity contribution in [1.29, 1.82) is 0 Å². The predicted molar refractivity (Wildman–Crippen MR) is 128 cm³/mol. The number of hydrogen-bond donors (Lipinski definition) is 1. The fourth-order valence-electron chi connectivity index (χ4n) is 2.90. The standard InChI is InChI=1S/C25H21Cl2NO4/c1-16(29)18-5-3-6-19(14-18)28-25(30)12-10-17-9-11-23(24(13-17)31-2)32-15-20-21(26)7-4-8-22(20)27/h3-14H,15H2,1-2H3,(H,28,30)/b12-10+. The maximum atomic E-state index is 12.2. The number of carbonyl (C=O) groups excluding carboxylic acids is 2. The first-order valence-electron chi connectivity index (χ1n) is 9.71. The van der Waals surface area contributed by atoms with E-state index in [1.165, 1.54) is 20.1 Å². The Balaban J connectivity index is 1.67. The zero-order valence-electron chi connectivity index (χ0n) is 17.5. The van der Waals surface area contributed by atoms with Gasteiger partial charge in [-0.25, -0.2) is 0 Å². The number of methoxy groups -OCH3 is 1. The molecule has 0 bridgehead atoms. The minimum Gasteiger partial charge on any atom is -0.493 e. The lowest BCUT2D eigenvalue weighted by atomic mass is 10.1. The molecule has 0 saturated heterocycles. The third kappa shape index (κ3) is 6.13. The normalized spacial score (nSPS) is 10.8. The summed E-state index contributed by atoms with van der Waals surface area (Å²) in [5.74, 6) is 0.636. The minimum absolute atomic E-state index is 0.0668. The largest absolute Gasteiger partial charge is 0.493 e. The van der Waals surface area contributed by atoms with Gasteiger partial charge in [0.25, 0.3) is 0 Å². The first-order chi connectivity index (χ1) is 15.4. The summed E-state index contributed by atoms with van der Waals surface area (Å²) >= 11 is 12.4. The molecule has 0 heterocycles. The molecule has 1 N–H and O–H groups in total. The number of ether oxygens (including phenoxy) is 2. The molecular formula is C25H21Cl2NO4. The average Bonchev–Trinajstić information content (AvgIpc) is 2.78. The SMILES string of the molecule is COc1cc(/C=C/C(=O)Nc2cccc(C(C)=O)c2)ccc1OCc1c(Cl)cccc1Cl.